The van der Waals surface area contributed by atoms with Crippen molar-refractivity contribution in [3.63, 3.8) is 0 Å². The Labute approximate surface area is 163 Å². The van der Waals surface area contributed by atoms with Crippen molar-refractivity contribution in [2.45, 2.75) is 26.1 Å². The van der Waals surface area contributed by atoms with Gasteiger partial charge in [-0.1, -0.05) is 12.1 Å². The largest absolute Gasteiger partial charge is 0.435 e. The molecule has 0 saturated heterocycles. The first-order chi connectivity index (χ1) is 13.2. The molecule has 0 bridgehead atoms. The van der Waals surface area contributed by atoms with E-state index in [1.165, 1.54) is 24.6 Å². The van der Waals surface area contributed by atoms with Crippen LogP contribution in [0.1, 0.15) is 31.5 Å². The number of benzene rings is 1. The third-order valence-corrected chi connectivity index (χ3v) is 5.61. The Hall–Kier alpha value is -2.68. The summed E-state index contributed by atoms with van der Waals surface area (Å²) in [7, 11) is 1.46. The average molecular weight is 406 g/mol. The molecule has 1 aliphatic rings. The van der Waals surface area contributed by atoms with Gasteiger partial charge in [0.25, 0.3) is 5.91 Å². The molecule has 2 aromatic heterocycles. The maximum atomic E-state index is 13.4. The van der Waals surface area contributed by atoms with Crippen LogP contribution in [0.4, 0.5) is 13.2 Å². The van der Waals surface area contributed by atoms with Gasteiger partial charge in [-0.05, 0) is 30.5 Å². The second kappa shape index (κ2) is 6.73. The molecule has 5 nitrogen and oxygen atoms in total. The zero-order chi connectivity index (χ0) is 20.1. The number of rotatable bonds is 3. The van der Waals surface area contributed by atoms with Gasteiger partial charge in [-0.2, -0.15) is 18.3 Å². The minimum absolute atomic E-state index is 0.00338. The maximum absolute atomic E-state index is 13.4. The second-order valence-electron chi connectivity index (χ2n) is 6.74. The van der Waals surface area contributed by atoms with E-state index >= 15 is 0 Å². The minimum Gasteiger partial charge on any atom is -0.332 e. The summed E-state index contributed by atoms with van der Waals surface area (Å²) in [6, 6.07) is 4.92. The molecule has 1 amide bonds. The highest BCUT2D eigenvalue weighted by atomic mass is 32.1. The van der Waals surface area contributed by atoms with Crippen molar-refractivity contribution >= 4 is 17.2 Å². The Morgan fingerprint density at radius 2 is 1.96 bits per heavy atom. The predicted octanol–water partition coefficient (Wildman–Crippen LogP) is 4.07. The van der Waals surface area contributed by atoms with Gasteiger partial charge in [0.2, 0.25) is 0 Å². The molecule has 146 valence electrons. The normalized spacial score (nSPS) is 14.5. The van der Waals surface area contributed by atoms with E-state index in [0.29, 0.717) is 36.2 Å². The summed E-state index contributed by atoms with van der Waals surface area (Å²) in [5.41, 5.74) is 0.558. The standard InChI is InChI=1S/C19H17F3N4OS/c1-11-8-23-16(28-11)10-26-7-6-13-12(4-3-5-14(13)18(26)27)15-9-25(2)24-17(15)19(20,21)22/h3-5,8-9H,6-7,10H2,1-2H3. The highest BCUT2D eigenvalue weighted by Gasteiger charge is 2.38. The van der Waals surface area contributed by atoms with E-state index in [1.54, 1.807) is 29.3 Å². The predicted molar refractivity (Wildman–Crippen MR) is 98.9 cm³/mol. The number of carbonyl (C=O) groups is 1. The Morgan fingerprint density at radius 1 is 1.21 bits per heavy atom. The summed E-state index contributed by atoms with van der Waals surface area (Å²) in [4.78, 5) is 20.0. The first-order valence-electron chi connectivity index (χ1n) is 8.67. The molecule has 3 heterocycles. The molecule has 0 aliphatic carbocycles. The van der Waals surface area contributed by atoms with Crippen LogP contribution in [0.3, 0.4) is 0 Å². The lowest BCUT2D eigenvalue weighted by Crippen LogP contribution is -2.37. The van der Waals surface area contributed by atoms with E-state index < -0.39 is 11.9 Å². The second-order valence-corrected chi connectivity index (χ2v) is 8.06. The van der Waals surface area contributed by atoms with E-state index in [2.05, 4.69) is 10.1 Å². The monoisotopic (exact) mass is 406 g/mol. The molecule has 0 atom stereocenters. The smallest absolute Gasteiger partial charge is 0.332 e. The van der Waals surface area contributed by atoms with Crippen molar-refractivity contribution < 1.29 is 18.0 Å². The van der Waals surface area contributed by atoms with Gasteiger partial charge in [0.15, 0.2) is 5.69 Å². The van der Waals surface area contributed by atoms with Gasteiger partial charge in [0, 0.05) is 42.0 Å². The number of aryl methyl sites for hydroxylation is 2. The number of amides is 1. The Kier molecular flexibility index (Phi) is 4.49. The Morgan fingerprint density at radius 3 is 2.64 bits per heavy atom. The van der Waals surface area contributed by atoms with Crippen LogP contribution in [0, 0.1) is 6.92 Å². The molecule has 0 spiro atoms. The van der Waals surface area contributed by atoms with Gasteiger partial charge in [-0.15, -0.1) is 11.3 Å². The Bertz CT molecular complexity index is 1050. The molecular weight excluding hydrogens is 389 g/mol. The Balaban J connectivity index is 1.72. The summed E-state index contributed by atoms with van der Waals surface area (Å²) < 4.78 is 41.4. The van der Waals surface area contributed by atoms with Gasteiger partial charge in [0.05, 0.1) is 6.54 Å². The zero-order valence-electron chi connectivity index (χ0n) is 15.2. The van der Waals surface area contributed by atoms with Crippen molar-refractivity contribution in [2.75, 3.05) is 6.54 Å². The highest BCUT2D eigenvalue weighted by Crippen LogP contribution is 2.39. The van der Waals surface area contributed by atoms with Crippen LogP contribution in [0.15, 0.2) is 30.6 Å². The fraction of sp³-hybridized carbons (Fsp3) is 0.316. The van der Waals surface area contributed by atoms with E-state index in [-0.39, 0.29) is 11.5 Å². The summed E-state index contributed by atoms with van der Waals surface area (Å²) in [6.45, 7) is 2.79. The quantitative estimate of drug-likeness (QED) is 0.659. The zero-order valence-corrected chi connectivity index (χ0v) is 16.1. The fourth-order valence-electron chi connectivity index (χ4n) is 3.51. The van der Waals surface area contributed by atoms with E-state index in [0.717, 1.165) is 14.6 Å². The number of thiazole rings is 1. The van der Waals surface area contributed by atoms with Crippen molar-refractivity contribution in [2.24, 2.45) is 7.05 Å². The van der Waals surface area contributed by atoms with E-state index in [1.807, 2.05) is 6.92 Å². The summed E-state index contributed by atoms with van der Waals surface area (Å²) in [5, 5.41) is 4.43. The van der Waals surface area contributed by atoms with E-state index in [9.17, 15) is 18.0 Å². The van der Waals surface area contributed by atoms with Crippen molar-refractivity contribution in [1.82, 2.24) is 19.7 Å². The molecule has 0 N–H and O–H groups in total. The molecule has 0 saturated carbocycles. The average Bonchev–Trinajstić information content (AvgIpc) is 3.22. The number of nitrogens with zero attached hydrogens (tertiary/aromatic N) is 4. The van der Waals surface area contributed by atoms with Crippen LogP contribution in [0.25, 0.3) is 11.1 Å². The lowest BCUT2D eigenvalue weighted by Gasteiger charge is -2.29. The van der Waals surface area contributed by atoms with Crippen LogP contribution < -0.4 is 0 Å². The van der Waals surface area contributed by atoms with E-state index in [4.69, 9.17) is 0 Å². The van der Waals surface area contributed by atoms with Gasteiger partial charge < -0.3 is 4.90 Å². The minimum atomic E-state index is -4.56. The third-order valence-electron chi connectivity index (χ3n) is 4.71. The first-order valence-corrected chi connectivity index (χ1v) is 9.49. The van der Waals surface area contributed by atoms with Crippen LogP contribution >= 0.6 is 11.3 Å². The first kappa shape index (κ1) is 18.7. The molecule has 3 aromatic rings. The SMILES string of the molecule is Cc1cnc(CN2CCc3c(cccc3-c3cn(C)nc3C(F)(F)F)C2=O)s1. The van der Waals surface area contributed by atoms with Gasteiger partial charge >= 0.3 is 6.18 Å². The lowest BCUT2D eigenvalue weighted by atomic mass is 9.90. The topological polar surface area (TPSA) is 51.0 Å². The van der Waals surface area contributed by atoms with Gasteiger partial charge in [-0.3, -0.25) is 9.48 Å². The fourth-order valence-corrected chi connectivity index (χ4v) is 4.31. The number of alkyl halides is 3. The number of hydrogen-bond donors (Lipinski definition) is 0. The summed E-state index contributed by atoms with van der Waals surface area (Å²) in [5.74, 6) is -0.187. The highest BCUT2D eigenvalue weighted by molar-refractivity contribution is 7.11. The molecule has 1 aromatic carbocycles. The number of hydrogen-bond acceptors (Lipinski definition) is 4. The number of carbonyl (C=O) groups excluding carboxylic acids is 1. The van der Waals surface area contributed by atoms with Crippen molar-refractivity contribution in [3.8, 4) is 11.1 Å². The molecule has 4 rings (SSSR count). The molecule has 28 heavy (non-hydrogen) atoms. The number of fused-ring (bicyclic) bond motifs is 1. The van der Waals surface area contributed by atoms with Crippen molar-refractivity contribution in [1.29, 1.82) is 0 Å². The summed E-state index contributed by atoms with van der Waals surface area (Å²) >= 11 is 1.53. The van der Waals surface area contributed by atoms with Crippen LogP contribution in [-0.2, 0) is 26.2 Å². The maximum Gasteiger partial charge on any atom is 0.435 e. The lowest BCUT2D eigenvalue weighted by molar-refractivity contribution is -0.140. The number of aromatic nitrogens is 3. The van der Waals surface area contributed by atoms with Gasteiger partial charge in [-0.25, -0.2) is 4.98 Å². The van der Waals surface area contributed by atoms with Crippen LogP contribution in [0.2, 0.25) is 0 Å². The molecule has 0 radical (unpaired) electrons. The molecule has 0 fully saturated rings. The molecular formula is C19H17F3N4OS. The van der Waals surface area contributed by atoms with Crippen molar-refractivity contribution in [3.05, 3.63) is 57.3 Å². The van der Waals surface area contributed by atoms with Gasteiger partial charge in [0.1, 0.15) is 5.01 Å². The molecule has 9 heteroatoms. The number of halogens is 3. The molecule has 1 aliphatic heterocycles. The van der Waals surface area contributed by atoms with Crippen LogP contribution in [0.5, 0.6) is 0 Å². The third kappa shape index (κ3) is 3.30. The summed E-state index contributed by atoms with van der Waals surface area (Å²) in [6.07, 6.45) is -0.963. The molecule has 0 unspecified atom stereocenters. The van der Waals surface area contributed by atoms with Crippen LogP contribution in [-0.4, -0.2) is 32.1 Å².